The highest BCUT2D eigenvalue weighted by Crippen LogP contribution is 2.32. The van der Waals surface area contributed by atoms with Gasteiger partial charge >= 0.3 is 5.97 Å². The molecule has 0 spiro atoms. The number of para-hydroxylation sites is 2. The number of anilines is 1. The summed E-state index contributed by atoms with van der Waals surface area (Å²) in [6, 6.07) is 7.37. The average molecular weight is 286 g/mol. The van der Waals surface area contributed by atoms with Crippen LogP contribution in [0.1, 0.15) is 10.4 Å². The fraction of sp³-hybridized carbons (Fsp3) is 0.0833. The molecule has 2 rings (SSSR count). The highest BCUT2D eigenvalue weighted by atomic mass is 35.5. The van der Waals surface area contributed by atoms with Gasteiger partial charge in [0.25, 0.3) is 0 Å². The number of nitrogens with one attached hydrogen (secondary N) is 1. The third-order valence-corrected chi connectivity index (χ3v) is 2.96. The Kier molecular flexibility index (Phi) is 5.00. The van der Waals surface area contributed by atoms with Crippen LogP contribution in [0.4, 0.5) is 5.69 Å². The van der Waals surface area contributed by atoms with Crippen molar-refractivity contribution in [3.8, 4) is 11.5 Å². The van der Waals surface area contributed by atoms with Gasteiger partial charge in [0.15, 0.2) is 11.5 Å². The number of benzene rings is 1. The second-order valence-corrected chi connectivity index (χ2v) is 4.05. The Balaban J connectivity index is 0.00000162. The predicted molar refractivity (Wildman–Crippen MR) is 74.6 cm³/mol. The lowest BCUT2D eigenvalue weighted by atomic mass is 10.3. The maximum atomic E-state index is 10.9. The molecule has 0 unspecified atom stereocenters. The minimum absolute atomic E-state index is 0. The van der Waals surface area contributed by atoms with Gasteiger partial charge in [0.1, 0.15) is 5.56 Å². The van der Waals surface area contributed by atoms with Gasteiger partial charge in [-0.15, -0.1) is 23.7 Å². The number of rotatable bonds is 4. The molecule has 4 nitrogen and oxygen atoms in total. The summed E-state index contributed by atoms with van der Waals surface area (Å²) in [4.78, 5) is 10.9. The number of ether oxygens (including phenoxy) is 1. The van der Waals surface area contributed by atoms with Gasteiger partial charge in [0.05, 0.1) is 5.69 Å². The van der Waals surface area contributed by atoms with Crippen LogP contribution in [-0.2, 0) is 0 Å². The predicted octanol–water partition coefficient (Wildman–Crippen LogP) is 3.70. The molecule has 0 fully saturated rings. The molecular weight excluding hydrogens is 274 g/mol. The van der Waals surface area contributed by atoms with Crippen molar-refractivity contribution in [2.45, 2.75) is 0 Å². The molecule has 0 aliphatic rings. The second-order valence-electron chi connectivity index (χ2n) is 3.30. The van der Waals surface area contributed by atoms with E-state index in [4.69, 9.17) is 9.84 Å². The highest BCUT2D eigenvalue weighted by Gasteiger charge is 2.14. The summed E-state index contributed by atoms with van der Waals surface area (Å²) in [6.07, 6.45) is 0. The molecule has 0 aliphatic heterocycles. The van der Waals surface area contributed by atoms with Crippen LogP contribution >= 0.6 is 23.7 Å². The number of hydrogen-bond acceptors (Lipinski definition) is 4. The first-order valence-electron chi connectivity index (χ1n) is 4.96. The molecule has 1 heterocycles. The van der Waals surface area contributed by atoms with Crippen molar-refractivity contribution in [1.29, 1.82) is 0 Å². The molecule has 2 N–H and O–H groups in total. The summed E-state index contributed by atoms with van der Waals surface area (Å²) in [5.74, 6) is -0.00992. The van der Waals surface area contributed by atoms with Crippen molar-refractivity contribution in [1.82, 2.24) is 0 Å². The molecule has 96 valence electrons. The van der Waals surface area contributed by atoms with Gasteiger partial charge in [-0.25, -0.2) is 4.79 Å². The summed E-state index contributed by atoms with van der Waals surface area (Å²) in [7, 11) is 1.79. The molecule has 0 radical (unpaired) electrons. The summed E-state index contributed by atoms with van der Waals surface area (Å²) in [5, 5.41) is 15.2. The average Bonchev–Trinajstić information content (AvgIpc) is 2.78. The maximum absolute atomic E-state index is 10.9. The fourth-order valence-corrected chi connectivity index (χ4v) is 2.12. The topological polar surface area (TPSA) is 58.6 Å². The monoisotopic (exact) mass is 285 g/mol. The van der Waals surface area contributed by atoms with E-state index in [0.717, 1.165) is 5.69 Å². The van der Waals surface area contributed by atoms with Gasteiger partial charge in [-0.3, -0.25) is 0 Å². The smallest absolute Gasteiger partial charge is 0.340 e. The van der Waals surface area contributed by atoms with Crippen LogP contribution in [-0.4, -0.2) is 18.1 Å². The van der Waals surface area contributed by atoms with Gasteiger partial charge in [0, 0.05) is 17.8 Å². The van der Waals surface area contributed by atoms with E-state index in [-0.39, 0.29) is 18.0 Å². The number of halogens is 1. The SMILES string of the molecule is CNc1ccccc1Oc1cscc1C(=O)O.Cl. The van der Waals surface area contributed by atoms with Gasteiger partial charge in [0.2, 0.25) is 0 Å². The molecule has 1 aromatic carbocycles. The molecule has 6 heteroatoms. The minimum Gasteiger partial charge on any atom is -0.478 e. The molecular formula is C12H12ClNO3S. The molecule has 0 saturated heterocycles. The number of hydrogen-bond donors (Lipinski definition) is 2. The van der Waals surface area contributed by atoms with E-state index in [1.54, 1.807) is 23.9 Å². The molecule has 0 aliphatic carbocycles. The fourth-order valence-electron chi connectivity index (χ4n) is 1.40. The van der Waals surface area contributed by atoms with Gasteiger partial charge < -0.3 is 15.2 Å². The van der Waals surface area contributed by atoms with Crippen molar-refractivity contribution in [2.24, 2.45) is 0 Å². The van der Waals surface area contributed by atoms with E-state index >= 15 is 0 Å². The van der Waals surface area contributed by atoms with Crippen LogP contribution in [0, 0.1) is 0 Å². The largest absolute Gasteiger partial charge is 0.478 e. The second kappa shape index (κ2) is 6.28. The number of carboxylic acids is 1. The van der Waals surface area contributed by atoms with E-state index in [2.05, 4.69) is 5.32 Å². The Morgan fingerprint density at radius 3 is 2.67 bits per heavy atom. The Labute approximate surface area is 115 Å². The van der Waals surface area contributed by atoms with Crippen molar-refractivity contribution >= 4 is 35.4 Å². The lowest BCUT2D eigenvalue weighted by molar-refractivity contribution is 0.0695. The number of carboxylic acid groups (broad SMARTS) is 1. The lowest BCUT2D eigenvalue weighted by Gasteiger charge is -2.09. The normalized spacial score (nSPS) is 9.39. The maximum Gasteiger partial charge on any atom is 0.340 e. The number of carbonyl (C=O) groups is 1. The van der Waals surface area contributed by atoms with Gasteiger partial charge in [-0.1, -0.05) is 12.1 Å². The molecule has 0 saturated carbocycles. The van der Waals surface area contributed by atoms with Crippen LogP contribution in [0.2, 0.25) is 0 Å². The van der Waals surface area contributed by atoms with Crippen LogP contribution < -0.4 is 10.1 Å². The van der Waals surface area contributed by atoms with Gasteiger partial charge in [-0.2, -0.15) is 0 Å². The number of aromatic carboxylic acids is 1. The van der Waals surface area contributed by atoms with E-state index in [1.807, 2.05) is 18.2 Å². The van der Waals surface area contributed by atoms with Crippen LogP contribution in [0.15, 0.2) is 35.0 Å². The molecule has 18 heavy (non-hydrogen) atoms. The zero-order chi connectivity index (χ0) is 12.3. The minimum atomic E-state index is -0.983. The zero-order valence-corrected chi connectivity index (χ0v) is 11.2. The van der Waals surface area contributed by atoms with Crippen molar-refractivity contribution < 1.29 is 14.6 Å². The third kappa shape index (κ3) is 2.94. The standard InChI is InChI=1S/C12H11NO3S.ClH/c1-13-9-4-2-3-5-10(9)16-11-7-17-6-8(11)12(14)15;/h2-7,13H,1H3,(H,14,15);1H. The first kappa shape index (κ1) is 14.3. The lowest BCUT2D eigenvalue weighted by Crippen LogP contribution is -1.98. The Hall–Kier alpha value is -1.72. The highest BCUT2D eigenvalue weighted by molar-refractivity contribution is 7.08. The zero-order valence-electron chi connectivity index (χ0n) is 9.54. The van der Waals surface area contributed by atoms with E-state index in [9.17, 15) is 4.79 Å². The summed E-state index contributed by atoms with van der Waals surface area (Å²) < 4.78 is 5.60. The van der Waals surface area contributed by atoms with Crippen LogP contribution in [0.5, 0.6) is 11.5 Å². The summed E-state index contributed by atoms with van der Waals surface area (Å²) in [5.41, 5.74) is 0.996. The van der Waals surface area contributed by atoms with Crippen molar-refractivity contribution in [2.75, 3.05) is 12.4 Å². The quantitative estimate of drug-likeness (QED) is 0.899. The van der Waals surface area contributed by atoms with Gasteiger partial charge in [-0.05, 0) is 12.1 Å². The van der Waals surface area contributed by atoms with E-state index < -0.39 is 5.97 Å². The molecule has 0 bridgehead atoms. The van der Waals surface area contributed by atoms with Crippen LogP contribution in [0.3, 0.4) is 0 Å². The third-order valence-electron chi connectivity index (χ3n) is 2.23. The molecule has 1 aromatic heterocycles. The van der Waals surface area contributed by atoms with E-state index in [1.165, 1.54) is 11.3 Å². The van der Waals surface area contributed by atoms with Crippen LogP contribution in [0.25, 0.3) is 0 Å². The first-order valence-corrected chi connectivity index (χ1v) is 5.90. The van der Waals surface area contributed by atoms with Crippen molar-refractivity contribution in [3.05, 3.63) is 40.6 Å². The summed E-state index contributed by atoms with van der Waals surface area (Å²) in [6.45, 7) is 0. The van der Waals surface area contributed by atoms with Crippen molar-refractivity contribution in [3.63, 3.8) is 0 Å². The first-order chi connectivity index (χ1) is 8.22. The summed E-state index contributed by atoms with van der Waals surface area (Å²) >= 11 is 1.30. The molecule has 0 atom stereocenters. The van der Waals surface area contributed by atoms with E-state index in [0.29, 0.717) is 11.5 Å². The Morgan fingerprint density at radius 2 is 2.00 bits per heavy atom. The Bertz CT molecular complexity index is 542. The Morgan fingerprint density at radius 1 is 1.28 bits per heavy atom. The number of thiophene rings is 1. The molecule has 0 amide bonds. The molecule has 2 aromatic rings.